The predicted octanol–water partition coefficient (Wildman–Crippen LogP) is 3.85. The monoisotopic (exact) mass is 692 g/mol. The lowest BCUT2D eigenvalue weighted by Gasteiger charge is -2.36. The summed E-state index contributed by atoms with van der Waals surface area (Å²) in [6, 6.07) is 11.0. The lowest BCUT2D eigenvalue weighted by molar-refractivity contribution is -0.161. The Hall–Kier alpha value is -5.42. The van der Waals surface area contributed by atoms with Crippen molar-refractivity contribution in [2.24, 2.45) is 7.05 Å². The van der Waals surface area contributed by atoms with Crippen LogP contribution in [0.1, 0.15) is 28.4 Å². The number of imidazole rings is 1. The normalized spacial score (nSPS) is 16.9. The largest absolute Gasteiger partial charge is 0.397 e. The third kappa shape index (κ3) is 6.86. The molecule has 0 radical (unpaired) electrons. The van der Waals surface area contributed by atoms with Gasteiger partial charge >= 0.3 is 6.18 Å². The number of nitrogens with zero attached hydrogens (tertiary/aromatic N) is 8. The minimum atomic E-state index is -4.59. The van der Waals surface area contributed by atoms with Crippen LogP contribution in [0.2, 0.25) is 0 Å². The van der Waals surface area contributed by atoms with Gasteiger partial charge in [0.15, 0.2) is 11.5 Å². The van der Waals surface area contributed by atoms with E-state index in [0.717, 1.165) is 6.54 Å². The van der Waals surface area contributed by atoms with Crippen molar-refractivity contribution in [1.82, 2.24) is 39.6 Å². The zero-order valence-electron chi connectivity index (χ0n) is 26.8. The number of halogens is 4. The standard InChI is InChI=1S/C33H32F4N10O3/c1-44-32(46-13-11-45(12-14-46)28(48)16-33(35,36)37)29(30(43-44)20-2-4-21(34)5-3-20)24-6-7-27-40-26(19-47(27)42-24)41-31(49)22-8-9-38-17-23(22)25-18-39-10-15-50-25/h2-9,17,19,25,39H,10-16,18H2,1H3,(H,41,49). The average Bonchev–Trinajstić information content (AvgIpc) is 3.67. The van der Waals surface area contributed by atoms with Crippen molar-refractivity contribution < 1.29 is 31.9 Å². The maximum atomic E-state index is 13.9. The molecule has 2 amide bonds. The highest BCUT2D eigenvalue weighted by Crippen LogP contribution is 2.39. The first-order valence-electron chi connectivity index (χ1n) is 15.9. The summed E-state index contributed by atoms with van der Waals surface area (Å²) in [6.07, 6.45) is -1.68. The van der Waals surface area contributed by atoms with Crippen LogP contribution in [0.5, 0.6) is 0 Å². The number of amides is 2. The van der Waals surface area contributed by atoms with Gasteiger partial charge in [-0.15, -0.1) is 0 Å². The van der Waals surface area contributed by atoms with E-state index in [0.29, 0.717) is 58.3 Å². The Morgan fingerprint density at radius 3 is 2.54 bits per heavy atom. The van der Waals surface area contributed by atoms with Crippen LogP contribution >= 0.6 is 0 Å². The Bertz CT molecular complexity index is 2030. The Morgan fingerprint density at radius 1 is 1.04 bits per heavy atom. The van der Waals surface area contributed by atoms with Crippen LogP contribution in [0.3, 0.4) is 0 Å². The fourth-order valence-electron chi connectivity index (χ4n) is 6.27. The molecule has 0 saturated carbocycles. The Labute approximate surface area is 282 Å². The molecule has 0 bridgehead atoms. The molecule has 2 saturated heterocycles. The second-order valence-electron chi connectivity index (χ2n) is 12.0. The van der Waals surface area contributed by atoms with Gasteiger partial charge in [0, 0.05) is 75.4 Å². The number of hydrogen-bond acceptors (Lipinski definition) is 9. The number of morpholine rings is 1. The molecule has 2 fully saturated rings. The number of alkyl halides is 3. The molecular formula is C33H32F4N10O3. The van der Waals surface area contributed by atoms with Crippen molar-refractivity contribution >= 4 is 29.1 Å². The summed E-state index contributed by atoms with van der Waals surface area (Å²) in [5.74, 6) is -0.891. The second-order valence-corrected chi connectivity index (χ2v) is 12.0. The van der Waals surface area contributed by atoms with E-state index in [4.69, 9.17) is 14.9 Å². The van der Waals surface area contributed by atoms with Crippen molar-refractivity contribution in [3.05, 3.63) is 78.0 Å². The number of benzene rings is 1. The smallest absolute Gasteiger partial charge is 0.371 e. The van der Waals surface area contributed by atoms with Gasteiger partial charge in [-0.05, 0) is 42.5 Å². The Balaban J connectivity index is 1.19. The van der Waals surface area contributed by atoms with Gasteiger partial charge in [0.05, 0.1) is 30.2 Å². The van der Waals surface area contributed by atoms with Crippen molar-refractivity contribution in [3.63, 3.8) is 0 Å². The molecule has 5 aromatic rings. The van der Waals surface area contributed by atoms with E-state index in [2.05, 4.69) is 20.6 Å². The number of carbonyl (C=O) groups excluding carboxylic acids is 2. The van der Waals surface area contributed by atoms with Crippen LogP contribution in [-0.2, 0) is 16.6 Å². The number of anilines is 2. The molecule has 2 N–H and O–H groups in total. The van der Waals surface area contributed by atoms with Gasteiger partial charge < -0.3 is 25.2 Å². The number of hydrogen-bond donors (Lipinski definition) is 2. The first kappa shape index (κ1) is 33.1. The maximum Gasteiger partial charge on any atom is 0.397 e. The highest BCUT2D eigenvalue weighted by atomic mass is 19.4. The molecule has 17 heteroatoms. The minimum Gasteiger partial charge on any atom is -0.371 e. The van der Waals surface area contributed by atoms with Crippen LogP contribution in [0, 0.1) is 5.82 Å². The maximum absolute atomic E-state index is 13.9. The molecular weight excluding hydrogens is 660 g/mol. The van der Waals surface area contributed by atoms with E-state index >= 15 is 0 Å². The van der Waals surface area contributed by atoms with Gasteiger partial charge in [-0.1, -0.05) is 0 Å². The van der Waals surface area contributed by atoms with Crippen LogP contribution in [0.15, 0.2) is 61.1 Å². The number of pyridine rings is 1. The number of nitrogens with one attached hydrogen (secondary N) is 2. The molecule has 4 aromatic heterocycles. The van der Waals surface area contributed by atoms with E-state index in [1.165, 1.54) is 27.7 Å². The van der Waals surface area contributed by atoms with Crippen LogP contribution in [0.25, 0.3) is 28.2 Å². The quantitative estimate of drug-likeness (QED) is 0.244. The number of piperazine rings is 1. The van der Waals surface area contributed by atoms with Crippen LogP contribution in [0.4, 0.5) is 29.2 Å². The van der Waals surface area contributed by atoms with E-state index < -0.39 is 24.3 Å². The molecule has 0 aliphatic carbocycles. The number of fused-ring (bicyclic) bond motifs is 1. The number of ether oxygens (including phenoxy) is 1. The van der Waals surface area contributed by atoms with E-state index in [1.54, 1.807) is 54.5 Å². The molecule has 1 atom stereocenters. The van der Waals surface area contributed by atoms with Crippen molar-refractivity contribution in [1.29, 1.82) is 0 Å². The molecule has 0 spiro atoms. The fraction of sp³-hybridized carbons (Fsp3) is 0.333. The SMILES string of the molecule is Cn1nc(-c2ccc(F)cc2)c(-c2ccc3nc(NC(=O)c4ccncc4C4CNCCO4)cn3n2)c1N1CCN(C(=O)CC(F)(F)F)CC1. The summed E-state index contributed by atoms with van der Waals surface area (Å²) in [5.41, 5.74) is 3.70. The number of aromatic nitrogens is 6. The summed E-state index contributed by atoms with van der Waals surface area (Å²) < 4.78 is 61.6. The molecule has 6 heterocycles. The van der Waals surface area contributed by atoms with Crippen molar-refractivity contribution in [2.45, 2.75) is 18.7 Å². The molecule has 1 unspecified atom stereocenters. The van der Waals surface area contributed by atoms with Gasteiger partial charge in [0.25, 0.3) is 5.91 Å². The summed E-state index contributed by atoms with van der Waals surface area (Å²) in [6.45, 7) is 2.47. The molecule has 1 aromatic carbocycles. The fourth-order valence-corrected chi connectivity index (χ4v) is 6.27. The molecule has 2 aliphatic heterocycles. The highest BCUT2D eigenvalue weighted by molar-refractivity contribution is 6.05. The van der Waals surface area contributed by atoms with Gasteiger partial charge in [-0.25, -0.2) is 13.9 Å². The minimum absolute atomic E-state index is 0.0883. The summed E-state index contributed by atoms with van der Waals surface area (Å²) in [4.78, 5) is 37.6. The van der Waals surface area contributed by atoms with E-state index in [9.17, 15) is 27.2 Å². The zero-order chi connectivity index (χ0) is 35.0. The first-order chi connectivity index (χ1) is 24.0. The van der Waals surface area contributed by atoms with E-state index in [1.807, 2.05) is 4.90 Å². The molecule has 13 nitrogen and oxygen atoms in total. The predicted molar refractivity (Wildman–Crippen MR) is 174 cm³/mol. The molecule has 7 rings (SSSR count). The topological polar surface area (TPSA) is 135 Å². The van der Waals surface area contributed by atoms with Crippen molar-refractivity contribution in [2.75, 3.05) is 56.1 Å². The molecule has 260 valence electrons. The summed E-state index contributed by atoms with van der Waals surface area (Å²) in [5, 5.41) is 15.7. The molecule has 2 aliphatic rings. The van der Waals surface area contributed by atoms with Gasteiger partial charge in [0.2, 0.25) is 5.91 Å². The Kier molecular flexibility index (Phi) is 8.92. The Morgan fingerprint density at radius 2 is 1.82 bits per heavy atom. The van der Waals surface area contributed by atoms with Gasteiger partial charge in [-0.2, -0.15) is 23.4 Å². The van der Waals surface area contributed by atoms with Crippen molar-refractivity contribution in [3.8, 4) is 22.5 Å². The average molecular weight is 693 g/mol. The first-order valence-corrected chi connectivity index (χ1v) is 15.9. The van der Waals surface area contributed by atoms with Crippen LogP contribution in [-0.4, -0.2) is 98.1 Å². The summed E-state index contributed by atoms with van der Waals surface area (Å²) >= 11 is 0. The highest BCUT2D eigenvalue weighted by Gasteiger charge is 2.35. The van der Waals surface area contributed by atoms with Gasteiger partial charge in [-0.3, -0.25) is 19.3 Å². The van der Waals surface area contributed by atoms with Gasteiger partial charge in [0.1, 0.15) is 23.7 Å². The number of carbonyl (C=O) groups is 2. The number of rotatable bonds is 7. The third-order valence-corrected chi connectivity index (χ3v) is 8.61. The zero-order valence-corrected chi connectivity index (χ0v) is 26.8. The lowest BCUT2D eigenvalue weighted by atomic mass is 10.0. The second kappa shape index (κ2) is 13.5. The molecule has 50 heavy (non-hydrogen) atoms. The lowest BCUT2D eigenvalue weighted by Crippen LogP contribution is -2.50. The number of aryl methyl sites for hydroxylation is 1. The van der Waals surface area contributed by atoms with Crippen LogP contribution < -0.4 is 15.5 Å². The third-order valence-electron chi connectivity index (χ3n) is 8.61. The van der Waals surface area contributed by atoms with E-state index in [-0.39, 0.29) is 44.0 Å². The summed E-state index contributed by atoms with van der Waals surface area (Å²) in [7, 11) is 1.73.